The lowest BCUT2D eigenvalue weighted by atomic mass is 9.84. The quantitative estimate of drug-likeness (QED) is 0.501. The van der Waals surface area contributed by atoms with Crippen LogP contribution in [0.2, 0.25) is 0 Å². The minimum absolute atomic E-state index is 0.305. The molecule has 2 fully saturated rings. The van der Waals surface area contributed by atoms with Crippen LogP contribution in [0.25, 0.3) is 22.3 Å². The van der Waals surface area contributed by atoms with Crippen molar-refractivity contribution in [2.45, 2.75) is 71.3 Å². The normalized spacial score (nSPS) is 19.0. The van der Waals surface area contributed by atoms with E-state index >= 15 is 0 Å². The molecule has 1 saturated heterocycles. The fraction of sp³-hybridized carbons (Fsp3) is 0.571. The van der Waals surface area contributed by atoms with Crippen molar-refractivity contribution >= 4 is 16.9 Å². The first-order chi connectivity index (χ1) is 17.0. The minimum Gasteiger partial charge on any atom is -0.342 e. The molecule has 0 radical (unpaired) electrons. The van der Waals surface area contributed by atoms with Gasteiger partial charge in [0.15, 0.2) is 0 Å². The molecule has 0 bridgehead atoms. The molecular weight excluding hydrogens is 436 g/mol. The van der Waals surface area contributed by atoms with Gasteiger partial charge in [0, 0.05) is 55.3 Å². The van der Waals surface area contributed by atoms with E-state index in [2.05, 4.69) is 56.8 Å². The topological polar surface area (TPSA) is 78.0 Å². The highest BCUT2D eigenvalue weighted by molar-refractivity contribution is 5.81. The van der Waals surface area contributed by atoms with Crippen molar-refractivity contribution in [2.75, 3.05) is 26.2 Å². The van der Waals surface area contributed by atoms with E-state index in [0.29, 0.717) is 23.8 Å². The number of carbonyl (C=O) groups excluding carboxylic acids is 1. The number of aromatic amines is 1. The summed E-state index contributed by atoms with van der Waals surface area (Å²) in [6.07, 6.45) is 8.33. The number of H-pyrrole nitrogens is 1. The SMILES string of the molecule is CCCC(C[C@@H](C)N1CCN(C(=O)C2CCC2)CC1)c1nc2ccc(-c3cc(C)ncn3)cc2[nH]1. The molecule has 2 atom stereocenters. The number of aromatic nitrogens is 4. The summed E-state index contributed by atoms with van der Waals surface area (Å²) in [5, 5.41) is 0. The van der Waals surface area contributed by atoms with Crippen LogP contribution in [-0.4, -0.2) is 67.9 Å². The summed E-state index contributed by atoms with van der Waals surface area (Å²) in [5.41, 5.74) is 5.04. The zero-order valence-electron chi connectivity index (χ0n) is 21.3. The first-order valence-corrected chi connectivity index (χ1v) is 13.3. The summed E-state index contributed by atoms with van der Waals surface area (Å²) in [4.78, 5) is 34.6. The summed E-state index contributed by atoms with van der Waals surface area (Å²) in [6, 6.07) is 8.81. The number of imidazole rings is 1. The van der Waals surface area contributed by atoms with Crippen LogP contribution in [0, 0.1) is 12.8 Å². The molecule has 35 heavy (non-hydrogen) atoms. The van der Waals surface area contributed by atoms with Gasteiger partial charge in [0.2, 0.25) is 5.91 Å². The predicted octanol–water partition coefficient (Wildman–Crippen LogP) is 4.93. The monoisotopic (exact) mass is 474 g/mol. The van der Waals surface area contributed by atoms with Gasteiger partial charge >= 0.3 is 0 Å². The molecule has 1 aromatic carbocycles. The molecule has 2 aliphatic rings. The Kier molecular flexibility index (Phi) is 7.14. The fourth-order valence-electron chi connectivity index (χ4n) is 5.57. The number of amides is 1. The van der Waals surface area contributed by atoms with Crippen molar-refractivity contribution in [1.29, 1.82) is 0 Å². The zero-order valence-corrected chi connectivity index (χ0v) is 21.3. The standard InChI is InChI=1S/C28H38N6O/c1-4-6-23(16-20(3)33-11-13-34(14-12-33)28(35)21-7-5-8-21)27-31-24-10-9-22(17-26(24)32-27)25-15-19(2)29-18-30-25/h9-10,15,17-18,20-21,23H,4-8,11-14,16H2,1-3H3,(H,31,32)/t20-,23?/m1/s1. The van der Waals surface area contributed by atoms with Crippen molar-refractivity contribution in [1.82, 2.24) is 29.7 Å². The number of nitrogens with one attached hydrogen (secondary N) is 1. The maximum Gasteiger partial charge on any atom is 0.225 e. The Morgan fingerprint density at radius 3 is 2.63 bits per heavy atom. The largest absolute Gasteiger partial charge is 0.342 e. The average Bonchev–Trinajstić information content (AvgIpc) is 3.26. The smallest absolute Gasteiger partial charge is 0.225 e. The summed E-state index contributed by atoms with van der Waals surface area (Å²) >= 11 is 0. The third-order valence-corrected chi connectivity index (χ3v) is 7.95. The lowest BCUT2D eigenvalue weighted by Gasteiger charge is -2.41. The lowest BCUT2D eigenvalue weighted by Crippen LogP contribution is -2.53. The Balaban J connectivity index is 1.25. The highest BCUT2D eigenvalue weighted by Gasteiger charge is 2.32. The minimum atomic E-state index is 0.305. The first-order valence-electron chi connectivity index (χ1n) is 13.3. The van der Waals surface area contributed by atoms with Gasteiger partial charge in [-0.25, -0.2) is 15.0 Å². The van der Waals surface area contributed by atoms with E-state index in [4.69, 9.17) is 4.98 Å². The second-order valence-electron chi connectivity index (χ2n) is 10.5. The molecule has 2 aromatic heterocycles. The van der Waals surface area contributed by atoms with Crippen LogP contribution in [0.4, 0.5) is 0 Å². The van der Waals surface area contributed by atoms with Crippen LogP contribution in [0.3, 0.4) is 0 Å². The van der Waals surface area contributed by atoms with Gasteiger partial charge in [0.05, 0.1) is 16.7 Å². The number of carbonyl (C=O) groups is 1. The van der Waals surface area contributed by atoms with Crippen LogP contribution in [0.5, 0.6) is 0 Å². The zero-order chi connectivity index (χ0) is 24.4. The van der Waals surface area contributed by atoms with E-state index in [1.165, 1.54) is 6.42 Å². The molecule has 3 heterocycles. The van der Waals surface area contributed by atoms with Gasteiger partial charge in [0.25, 0.3) is 0 Å². The molecule has 186 valence electrons. The molecule has 7 heteroatoms. The van der Waals surface area contributed by atoms with E-state index in [-0.39, 0.29) is 0 Å². The van der Waals surface area contributed by atoms with Gasteiger partial charge in [-0.3, -0.25) is 9.69 Å². The molecule has 1 aliphatic heterocycles. The third-order valence-electron chi connectivity index (χ3n) is 7.95. The molecule has 1 aliphatic carbocycles. The number of aryl methyl sites for hydroxylation is 1. The van der Waals surface area contributed by atoms with Crippen molar-refractivity contribution in [2.24, 2.45) is 5.92 Å². The van der Waals surface area contributed by atoms with Crippen molar-refractivity contribution < 1.29 is 4.79 Å². The Labute approximate surface area is 208 Å². The summed E-state index contributed by atoms with van der Waals surface area (Å²) in [5.74, 6) is 2.18. The number of rotatable bonds is 8. The van der Waals surface area contributed by atoms with Gasteiger partial charge in [0.1, 0.15) is 12.2 Å². The van der Waals surface area contributed by atoms with Crippen molar-refractivity contribution in [3.63, 3.8) is 0 Å². The van der Waals surface area contributed by atoms with Crippen LogP contribution >= 0.6 is 0 Å². The molecule has 1 saturated carbocycles. The third kappa shape index (κ3) is 5.25. The van der Waals surface area contributed by atoms with Gasteiger partial charge in [-0.15, -0.1) is 0 Å². The van der Waals surface area contributed by atoms with E-state index in [1.54, 1.807) is 6.33 Å². The summed E-state index contributed by atoms with van der Waals surface area (Å²) < 4.78 is 0. The molecule has 1 amide bonds. The van der Waals surface area contributed by atoms with Crippen LogP contribution < -0.4 is 0 Å². The van der Waals surface area contributed by atoms with Gasteiger partial charge in [-0.2, -0.15) is 0 Å². The van der Waals surface area contributed by atoms with Crippen LogP contribution in [0.1, 0.15) is 69.8 Å². The number of fused-ring (bicyclic) bond motifs is 1. The summed E-state index contributed by atoms with van der Waals surface area (Å²) in [6.45, 7) is 10.3. The van der Waals surface area contributed by atoms with E-state index in [1.807, 2.05) is 13.0 Å². The van der Waals surface area contributed by atoms with E-state index in [0.717, 1.165) is 92.1 Å². The van der Waals surface area contributed by atoms with Gasteiger partial charge < -0.3 is 9.88 Å². The number of nitrogens with zero attached hydrogens (tertiary/aromatic N) is 5. The maximum atomic E-state index is 12.6. The van der Waals surface area contributed by atoms with Gasteiger partial charge in [-0.1, -0.05) is 25.8 Å². The molecule has 5 rings (SSSR count). The summed E-state index contributed by atoms with van der Waals surface area (Å²) in [7, 11) is 0. The fourth-order valence-corrected chi connectivity index (χ4v) is 5.57. The average molecular weight is 475 g/mol. The molecule has 1 unspecified atom stereocenters. The predicted molar refractivity (Wildman–Crippen MR) is 139 cm³/mol. The molecule has 3 aromatic rings. The van der Waals surface area contributed by atoms with Crippen molar-refractivity contribution in [3.05, 3.63) is 42.1 Å². The highest BCUT2D eigenvalue weighted by Crippen LogP contribution is 2.31. The number of benzene rings is 1. The first kappa shape index (κ1) is 23.9. The molecule has 1 N–H and O–H groups in total. The number of hydrogen-bond acceptors (Lipinski definition) is 5. The second-order valence-corrected chi connectivity index (χ2v) is 10.5. The molecule has 0 spiro atoms. The lowest BCUT2D eigenvalue weighted by molar-refractivity contribution is -0.140. The number of piperazine rings is 1. The molecular formula is C28H38N6O. The van der Waals surface area contributed by atoms with Crippen molar-refractivity contribution in [3.8, 4) is 11.3 Å². The Morgan fingerprint density at radius 2 is 1.94 bits per heavy atom. The maximum absolute atomic E-state index is 12.6. The molecule has 7 nitrogen and oxygen atoms in total. The highest BCUT2D eigenvalue weighted by atomic mass is 16.2. The van der Waals surface area contributed by atoms with E-state index < -0.39 is 0 Å². The van der Waals surface area contributed by atoms with Crippen LogP contribution in [-0.2, 0) is 4.79 Å². The Morgan fingerprint density at radius 1 is 1.14 bits per heavy atom. The van der Waals surface area contributed by atoms with Gasteiger partial charge in [-0.05, 0) is 57.7 Å². The van der Waals surface area contributed by atoms with E-state index in [9.17, 15) is 4.79 Å². The second kappa shape index (κ2) is 10.4. The Hall–Kier alpha value is -2.80. The Bertz CT molecular complexity index is 1160. The number of hydrogen-bond donors (Lipinski definition) is 1. The van der Waals surface area contributed by atoms with Crippen LogP contribution in [0.15, 0.2) is 30.6 Å².